The molecule has 0 spiro atoms. The quantitative estimate of drug-likeness (QED) is 0.561. The number of nitrogens with one attached hydrogen (secondary N) is 2. The van der Waals surface area contributed by atoms with Gasteiger partial charge in [0.15, 0.2) is 11.5 Å². The van der Waals surface area contributed by atoms with Crippen molar-refractivity contribution in [2.45, 2.75) is 11.8 Å². The summed E-state index contributed by atoms with van der Waals surface area (Å²) in [4.78, 5) is 12.7. The molecule has 0 bridgehead atoms. The average molecular weight is 455 g/mol. The number of fused-ring (bicyclic) bond motifs is 1. The maximum Gasteiger partial charge on any atom is 0.262 e. The second-order valence-corrected chi connectivity index (χ2v) is 8.55. The number of anilines is 2. The van der Waals surface area contributed by atoms with Crippen LogP contribution in [0.1, 0.15) is 17.3 Å². The van der Waals surface area contributed by atoms with Crippen molar-refractivity contribution in [1.29, 1.82) is 0 Å². The summed E-state index contributed by atoms with van der Waals surface area (Å²) in [5.41, 5.74) is 1.29. The first-order chi connectivity index (χ1) is 15.5. The highest BCUT2D eigenvalue weighted by Gasteiger charge is 2.19. The molecule has 0 atom stereocenters. The van der Waals surface area contributed by atoms with Crippen molar-refractivity contribution in [2.75, 3.05) is 29.9 Å². The van der Waals surface area contributed by atoms with Crippen LogP contribution in [-0.2, 0) is 10.0 Å². The molecule has 9 heteroatoms. The highest BCUT2D eigenvalue weighted by Crippen LogP contribution is 2.32. The van der Waals surface area contributed by atoms with Crippen LogP contribution in [0.3, 0.4) is 0 Å². The summed E-state index contributed by atoms with van der Waals surface area (Å²) < 4.78 is 44.4. The maximum absolute atomic E-state index is 12.7. The number of carbonyl (C=O) groups is 1. The molecule has 3 aromatic rings. The molecule has 166 valence electrons. The lowest BCUT2D eigenvalue weighted by Gasteiger charge is -2.19. The molecule has 1 amide bonds. The molecule has 0 radical (unpaired) electrons. The summed E-state index contributed by atoms with van der Waals surface area (Å²) in [5.74, 6) is 1.08. The van der Waals surface area contributed by atoms with Crippen LogP contribution in [0.2, 0.25) is 0 Å². The third-order valence-electron chi connectivity index (χ3n) is 4.65. The highest BCUT2D eigenvalue weighted by molar-refractivity contribution is 7.92. The van der Waals surface area contributed by atoms with Crippen LogP contribution in [0, 0.1) is 0 Å². The van der Waals surface area contributed by atoms with Gasteiger partial charge in [0.2, 0.25) is 0 Å². The number of carbonyl (C=O) groups excluding carboxylic acids is 1. The van der Waals surface area contributed by atoms with Crippen LogP contribution in [0.4, 0.5) is 11.4 Å². The molecule has 0 unspecified atom stereocenters. The van der Waals surface area contributed by atoms with Crippen molar-refractivity contribution in [1.82, 2.24) is 0 Å². The van der Waals surface area contributed by atoms with Gasteiger partial charge in [-0.1, -0.05) is 12.1 Å². The summed E-state index contributed by atoms with van der Waals surface area (Å²) in [5, 5.41) is 2.79. The van der Waals surface area contributed by atoms with Gasteiger partial charge in [0.05, 0.1) is 17.1 Å². The van der Waals surface area contributed by atoms with E-state index in [0.29, 0.717) is 54.0 Å². The van der Waals surface area contributed by atoms with E-state index in [1.165, 1.54) is 12.1 Å². The summed E-state index contributed by atoms with van der Waals surface area (Å²) in [6.07, 6.45) is 0. The highest BCUT2D eigenvalue weighted by atomic mass is 32.2. The fourth-order valence-electron chi connectivity index (χ4n) is 3.16. The standard InChI is InChI=1S/C23H22N2O6S/c1-2-29-20-6-4-3-5-19(20)23(26)24-16-7-9-17(10-8-16)25-32(27,28)18-11-12-21-22(15-18)31-14-13-30-21/h3-12,15,25H,2,13-14H2,1H3,(H,24,26). The zero-order valence-corrected chi connectivity index (χ0v) is 18.1. The molecule has 0 aliphatic carbocycles. The number of sulfonamides is 1. The third-order valence-corrected chi connectivity index (χ3v) is 6.03. The summed E-state index contributed by atoms with van der Waals surface area (Å²) >= 11 is 0. The van der Waals surface area contributed by atoms with Crippen LogP contribution in [-0.4, -0.2) is 34.1 Å². The lowest BCUT2D eigenvalue weighted by atomic mass is 10.2. The van der Waals surface area contributed by atoms with E-state index in [-0.39, 0.29) is 10.8 Å². The van der Waals surface area contributed by atoms with Crippen LogP contribution in [0.5, 0.6) is 17.2 Å². The number of hydrogen-bond donors (Lipinski definition) is 2. The molecule has 0 aromatic heterocycles. The average Bonchev–Trinajstić information content (AvgIpc) is 2.80. The number of para-hydroxylation sites is 1. The van der Waals surface area contributed by atoms with Gasteiger partial charge in [0.25, 0.3) is 15.9 Å². The Morgan fingerprint density at radius 3 is 2.38 bits per heavy atom. The van der Waals surface area contributed by atoms with Crippen molar-refractivity contribution in [3.8, 4) is 17.2 Å². The number of ether oxygens (including phenoxy) is 3. The largest absolute Gasteiger partial charge is 0.493 e. The Morgan fingerprint density at radius 2 is 1.62 bits per heavy atom. The third kappa shape index (κ3) is 4.78. The lowest BCUT2D eigenvalue weighted by Crippen LogP contribution is -2.17. The van der Waals surface area contributed by atoms with Crippen molar-refractivity contribution in [3.05, 3.63) is 72.3 Å². The molecule has 0 saturated carbocycles. The Hall–Kier alpha value is -3.72. The van der Waals surface area contributed by atoms with Gasteiger partial charge in [0, 0.05) is 17.4 Å². The van der Waals surface area contributed by atoms with Gasteiger partial charge in [-0.15, -0.1) is 0 Å². The number of benzene rings is 3. The van der Waals surface area contributed by atoms with Crippen LogP contribution < -0.4 is 24.2 Å². The predicted molar refractivity (Wildman–Crippen MR) is 120 cm³/mol. The molecule has 1 aliphatic rings. The number of rotatable bonds is 7. The Balaban J connectivity index is 1.45. The normalized spacial score (nSPS) is 12.7. The topological polar surface area (TPSA) is 103 Å². The second kappa shape index (κ2) is 9.19. The van der Waals surface area contributed by atoms with Gasteiger partial charge < -0.3 is 19.5 Å². The first-order valence-corrected chi connectivity index (χ1v) is 11.5. The Bertz CT molecular complexity index is 1230. The van der Waals surface area contributed by atoms with E-state index < -0.39 is 10.0 Å². The van der Waals surface area contributed by atoms with E-state index in [2.05, 4.69) is 10.0 Å². The summed E-state index contributed by atoms with van der Waals surface area (Å²) in [6, 6.07) is 17.8. The van der Waals surface area contributed by atoms with Gasteiger partial charge >= 0.3 is 0 Å². The molecule has 0 saturated heterocycles. The molecular weight excluding hydrogens is 432 g/mol. The van der Waals surface area contributed by atoms with Gasteiger partial charge in [-0.2, -0.15) is 0 Å². The van der Waals surface area contributed by atoms with E-state index in [4.69, 9.17) is 14.2 Å². The molecular formula is C23H22N2O6S. The Labute approximate surface area is 186 Å². The minimum atomic E-state index is -3.83. The van der Waals surface area contributed by atoms with Gasteiger partial charge in [-0.05, 0) is 55.5 Å². The Kier molecular flexibility index (Phi) is 6.18. The molecule has 2 N–H and O–H groups in total. The zero-order valence-electron chi connectivity index (χ0n) is 17.3. The second-order valence-electron chi connectivity index (χ2n) is 6.87. The fourth-order valence-corrected chi connectivity index (χ4v) is 4.23. The number of amides is 1. The fraction of sp³-hybridized carbons (Fsp3) is 0.174. The van der Waals surface area contributed by atoms with Crippen LogP contribution in [0.15, 0.2) is 71.6 Å². The summed E-state index contributed by atoms with van der Waals surface area (Å²) in [7, 11) is -3.83. The Morgan fingerprint density at radius 1 is 0.938 bits per heavy atom. The van der Waals surface area contributed by atoms with E-state index >= 15 is 0 Å². The van der Waals surface area contributed by atoms with Crippen LogP contribution in [0.25, 0.3) is 0 Å². The molecule has 8 nitrogen and oxygen atoms in total. The maximum atomic E-state index is 12.7. The minimum absolute atomic E-state index is 0.0617. The predicted octanol–water partition coefficient (Wildman–Crippen LogP) is 3.91. The first-order valence-electron chi connectivity index (χ1n) is 10.0. The minimum Gasteiger partial charge on any atom is -0.493 e. The molecule has 1 aliphatic heterocycles. The van der Waals surface area contributed by atoms with E-state index in [9.17, 15) is 13.2 Å². The zero-order chi connectivity index (χ0) is 22.6. The molecule has 1 heterocycles. The van der Waals surface area contributed by atoms with E-state index in [1.54, 1.807) is 54.6 Å². The van der Waals surface area contributed by atoms with Crippen molar-refractivity contribution in [3.63, 3.8) is 0 Å². The van der Waals surface area contributed by atoms with Gasteiger partial charge in [-0.3, -0.25) is 9.52 Å². The number of hydrogen-bond acceptors (Lipinski definition) is 6. The van der Waals surface area contributed by atoms with Crippen LogP contribution >= 0.6 is 0 Å². The first kappa shape index (κ1) is 21.5. The smallest absolute Gasteiger partial charge is 0.262 e. The van der Waals surface area contributed by atoms with E-state index in [0.717, 1.165) is 0 Å². The molecule has 0 fully saturated rings. The lowest BCUT2D eigenvalue weighted by molar-refractivity contribution is 0.102. The SMILES string of the molecule is CCOc1ccccc1C(=O)Nc1ccc(NS(=O)(=O)c2ccc3c(c2)OCCO3)cc1. The van der Waals surface area contributed by atoms with Gasteiger partial charge in [-0.25, -0.2) is 8.42 Å². The van der Waals surface area contributed by atoms with Crippen molar-refractivity contribution >= 4 is 27.3 Å². The molecule has 32 heavy (non-hydrogen) atoms. The summed E-state index contributed by atoms with van der Waals surface area (Å²) in [6.45, 7) is 3.09. The molecule has 3 aromatic carbocycles. The van der Waals surface area contributed by atoms with E-state index in [1.807, 2.05) is 6.92 Å². The van der Waals surface area contributed by atoms with Crippen molar-refractivity contribution in [2.24, 2.45) is 0 Å². The monoisotopic (exact) mass is 454 g/mol. The molecule has 4 rings (SSSR count). The van der Waals surface area contributed by atoms with Crippen molar-refractivity contribution < 1.29 is 27.4 Å². The van der Waals surface area contributed by atoms with Gasteiger partial charge in [0.1, 0.15) is 19.0 Å².